The second-order valence-electron chi connectivity index (χ2n) is 5.43. The Bertz CT molecular complexity index is 504. The topological polar surface area (TPSA) is 45.2 Å². The van der Waals surface area contributed by atoms with E-state index in [1.54, 1.807) is 16.2 Å². The lowest BCUT2D eigenvalue weighted by atomic mass is 9.98. The number of aryl methyl sites for hydroxylation is 1. The van der Waals surface area contributed by atoms with Gasteiger partial charge in [0.15, 0.2) is 0 Å². The Hall–Kier alpha value is -1.15. The highest BCUT2D eigenvalue weighted by Crippen LogP contribution is 2.29. The largest absolute Gasteiger partial charge is 0.401 e. The average Bonchev–Trinajstić information content (AvgIpc) is 2.95. The molecule has 1 saturated heterocycles. The minimum absolute atomic E-state index is 0.200. The van der Waals surface area contributed by atoms with Crippen molar-refractivity contribution in [1.82, 2.24) is 15.2 Å². The molecule has 2 heterocycles. The van der Waals surface area contributed by atoms with Crippen molar-refractivity contribution < 1.29 is 18.0 Å². The number of halogens is 3. The third-order valence-corrected chi connectivity index (χ3v) is 4.71. The molecule has 4 nitrogen and oxygen atoms in total. The van der Waals surface area contributed by atoms with E-state index in [0.29, 0.717) is 13.1 Å². The van der Waals surface area contributed by atoms with E-state index in [1.165, 1.54) is 0 Å². The van der Waals surface area contributed by atoms with E-state index in [0.717, 1.165) is 30.0 Å². The third-order valence-electron chi connectivity index (χ3n) is 3.66. The number of amides is 1. The van der Waals surface area contributed by atoms with Gasteiger partial charge in [0, 0.05) is 24.4 Å². The fourth-order valence-corrected chi connectivity index (χ4v) is 3.53. The molecule has 1 amide bonds. The Morgan fingerprint density at radius 3 is 2.95 bits per heavy atom. The Morgan fingerprint density at radius 2 is 2.32 bits per heavy atom. The molecule has 1 N–H and O–H groups in total. The molecule has 1 atom stereocenters. The van der Waals surface area contributed by atoms with Crippen LogP contribution >= 0.6 is 11.3 Å². The number of rotatable bonds is 5. The van der Waals surface area contributed by atoms with Crippen molar-refractivity contribution in [3.63, 3.8) is 0 Å². The molecule has 1 aromatic rings. The predicted molar refractivity (Wildman–Crippen MR) is 79.0 cm³/mol. The molecule has 1 aliphatic heterocycles. The lowest BCUT2D eigenvalue weighted by Crippen LogP contribution is -2.44. The molecule has 0 spiro atoms. The first-order chi connectivity index (χ1) is 10.4. The summed E-state index contributed by atoms with van der Waals surface area (Å²) < 4.78 is 36.2. The Kier molecular flexibility index (Phi) is 5.80. The first kappa shape index (κ1) is 17.2. The SMILES string of the molecule is CCc1csc([C@@H]2CCCN(C(=O)CNCC(F)(F)F)C2)n1. The molecule has 22 heavy (non-hydrogen) atoms. The number of piperidine rings is 1. The summed E-state index contributed by atoms with van der Waals surface area (Å²) in [5.74, 6) is -0.0770. The van der Waals surface area contributed by atoms with Crippen LogP contribution in [0.1, 0.15) is 36.4 Å². The van der Waals surface area contributed by atoms with Crippen LogP contribution in [0.2, 0.25) is 0 Å². The second kappa shape index (κ2) is 7.41. The van der Waals surface area contributed by atoms with Gasteiger partial charge in [-0.3, -0.25) is 4.79 Å². The van der Waals surface area contributed by atoms with Crippen molar-refractivity contribution in [3.8, 4) is 0 Å². The van der Waals surface area contributed by atoms with Crippen LogP contribution < -0.4 is 5.32 Å². The minimum Gasteiger partial charge on any atom is -0.341 e. The normalized spacial score (nSPS) is 19.5. The van der Waals surface area contributed by atoms with Gasteiger partial charge in [-0.2, -0.15) is 13.2 Å². The molecule has 0 bridgehead atoms. The fraction of sp³-hybridized carbons (Fsp3) is 0.714. The number of likely N-dealkylation sites (tertiary alicyclic amines) is 1. The number of aromatic nitrogens is 1. The van der Waals surface area contributed by atoms with Crippen molar-refractivity contribution in [2.45, 2.75) is 38.3 Å². The second-order valence-corrected chi connectivity index (χ2v) is 6.32. The number of nitrogens with one attached hydrogen (secondary N) is 1. The maximum absolute atomic E-state index is 12.1. The highest BCUT2D eigenvalue weighted by Gasteiger charge is 2.29. The molecule has 2 rings (SSSR count). The summed E-state index contributed by atoms with van der Waals surface area (Å²) in [6, 6.07) is 0. The summed E-state index contributed by atoms with van der Waals surface area (Å²) in [6.45, 7) is 1.78. The van der Waals surface area contributed by atoms with E-state index >= 15 is 0 Å². The zero-order valence-electron chi connectivity index (χ0n) is 12.4. The summed E-state index contributed by atoms with van der Waals surface area (Å²) in [7, 11) is 0. The van der Waals surface area contributed by atoms with Crippen LogP contribution in [0.25, 0.3) is 0 Å². The molecular formula is C14H20F3N3OS. The number of carbonyl (C=O) groups is 1. The summed E-state index contributed by atoms with van der Waals surface area (Å²) in [4.78, 5) is 18.2. The Labute approximate surface area is 131 Å². The van der Waals surface area contributed by atoms with E-state index in [2.05, 4.69) is 10.3 Å². The van der Waals surface area contributed by atoms with Gasteiger partial charge >= 0.3 is 6.18 Å². The molecule has 1 fully saturated rings. The monoisotopic (exact) mass is 335 g/mol. The van der Waals surface area contributed by atoms with Crippen LogP contribution in [0.4, 0.5) is 13.2 Å². The van der Waals surface area contributed by atoms with Crippen molar-refractivity contribution in [1.29, 1.82) is 0 Å². The summed E-state index contributed by atoms with van der Waals surface area (Å²) in [5.41, 5.74) is 1.05. The molecule has 0 aromatic carbocycles. The molecule has 0 aliphatic carbocycles. The van der Waals surface area contributed by atoms with Crippen LogP contribution in [-0.2, 0) is 11.2 Å². The highest BCUT2D eigenvalue weighted by molar-refractivity contribution is 7.09. The van der Waals surface area contributed by atoms with Crippen LogP contribution in [0, 0.1) is 0 Å². The standard InChI is InChI=1S/C14H20F3N3OS/c1-2-11-8-22-13(19-11)10-4-3-5-20(7-10)12(21)6-18-9-14(15,16)17/h8,10,18H,2-7,9H2,1H3/t10-/m1/s1. The number of thiazole rings is 1. The molecule has 0 saturated carbocycles. The maximum Gasteiger partial charge on any atom is 0.401 e. The number of hydrogen-bond acceptors (Lipinski definition) is 4. The Morgan fingerprint density at radius 1 is 1.55 bits per heavy atom. The van der Waals surface area contributed by atoms with Gasteiger partial charge in [0.1, 0.15) is 0 Å². The van der Waals surface area contributed by atoms with Gasteiger partial charge in [-0.25, -0.2) is 4.98 Å². The molecule has 8 heteroatoms. The number of alkyl halides is 3. The maximum atomic E-state index is 12.1. The van der Waals surface area contributed by atoms with Gasteiger partial charge < -0.3 is 10.2 Å². The minimum atomic E-state index is -4.29. The molecule has 1 aromatic heterocycles. The number of carbonyl (C=O) groups excluding carboxylic acids is 1. The molecule has 124 valence electrons. The van der Waals surface area contributed by atoms with Gasteiger partial charge in [-0.05, 0) is 19.3 Å². The number of hydrogen-bond donors (Lipinski definition) is 1. The summed E-state index contributed by atoms with van der Waals surface area (Å²) in [6.07, 6.45) is -1.58. The average molecular weight is 335 g/mol. The number of nitrogens with zero attached hydrogens (tertiary/aromatic N) is 2. The lowest BCUT2D eigenvalue weighted by Gasteiger charge is -2.32. The first-order valence-electron chi connectivity index (χ1n) is 7.38. The van der Waals surface area contributed by atoms with Gasteiger partial charge in [-0.1, -0.05) is 6.92 Å². The fourth-order valence-electron chi connectivity index (χ4n) is 2.50. The zero-order valence-corrected chi connectivity index (χ0v) is 13.3. The van der Waals surface area contributed by atoms with E-state index < -0.39 is 12.7 Å². The van der Waals surface area contributed by atoms with Gasteiger partial charge in [-0.15, -0.1) is 11.3 Å². The van der Waals surface area contributed by atoms with Gasteiger partial charge in [0.25, 0.3) is 0 Å². The van der Waals surface area contributed by atoms with Crippen molar-refractivity contribution in [3.05, 3.63) is 16.1 Å². The third kappa shape index (κ3) is 4.95. The van der Waals surface area contributed by atoms with E-state index in [4.69, 9.17) is 0 Å². The Balaban J connectivity index is 1.85. The van der Waals surface area contributed by atoms with E-state index in [1.807, 2.05) is 12.3 Å². The van der Waals surface area contributed by atoms with E-state index in [9.17, 15) is 18.0 Å². The molecule has 1 aliphatic rings. The lowest BCUT2D eigenvalue weighted by molar-refractivity contribution is -0.135. The zero-order chi connectivity index (χ0) is 16.2. The van der Waals surface area contributed by atoms with Crippen LogP contribution in [0.15, 0.2) is 5.38 Å². The molecule has 0 unspecified atom stereocenters. The van der Waals surface area contributed by atoms with Crippen LogP contribution in [0.3, 0.4) is 0 Å². The first-order valence-corrected chi connectivity index (χ1v) is 8.26. The smallest absolute Gasteiger partial charge is 0.341 e. The van der Waals surface area contributed by atoms with E-state index in [-0.39, 0.29) is 18.4 Å². The van der Waals surface area contributed by atoms with Gasteiger partial charge in [0.05, 0.1) is 23.8 Å². The highest BCUT2D eigenvalue weighted by atomic mass is 32.1. The van der Waals surface area contributed by atoms with Crippen LogP contribution in [0.5, 0.6) is 0 Å². The summed E-state index contributed by atoms with van der Waals surface area (Å²) >= 11 is 1.60. The van der Waals surface area contributed by atoms with Crippen LogP contribution in [-0.4, -0.2) is 48.1 Å². The summed E-state index contributed by atoms with van der Waals surface area (Å²) in [5, 5.41) is 5.22. The molecule has 0 radical (unpaired) electrons. The quantitative estimate of drug-likeness (QED) is 0.899. The van der Waals surface area contributed by atoms with Crippen molar-refractivity contribution >= 4 is 17.2 Å². The van der Waals surface area contributed by atoms with Gasteiger partial charge in [0.2, 0.25) is 5.91 Å². The van der Waals surface area contributed by atoms with Crippen molar-refractivity contribution in [2.75, 3.05) is 26.2 Å². The molecular weight excluding hydrogens is 315 g/mol. The predicted octanol–water partition coefficient (Wildman–Crippen LogP) is 2.56. The van der Waals surface area contributed by atoms with Crippen molar-refractivity contribution in [2.24, 2.45) is 0 Å².